The van der Waals surface area contributed by atoms with Crippen molar-refractivity contribution in [2.24, 2.45) is 0 Å². The van der Waals surface area contributed by atoms with E-state index in [9.17, 15) is 33.9 Å². The lowest BCUT2D eigenvalue weighted by Gasteiger charge is -2.19. The van der Waals surface area contributed by atoms with Crippen molar-refractivity contribution >= 4 is 84.7 Å². The van der Waals surface area contributed by atoms with Crippen molar-refractivity contribution in [3.05, 3.63) is 49.5 Å². The Morgan fingerprint density at radius 3 is 1.29 bits per heavy atom. The average molecular weight is 736 g/mol. The molecule has 3 aromatic heterocycles. The van der Waals surface area contributed by atoms with E-state index in [1.54, 1.807) is 62.3 Å². The first-order chi connectivity index (χ1) is 22.4. The molecule has 0 aliphatic rings. The molecule has 0 saturated heterocycles. The molecular weight excluding hydrogens is 695 g/mol. The second-order valence-corrected chi connectivity index (χ2v) is 17.4. The van der Waals surface area contributed by atoms with Gasteiger partial charge in [-0.2, -0.15) is 0 Å². The molecule has 0 unspecified atom stereocenters. The number of nitrogens with one attached hydrogen (secondary N) is 2. The number of esters is 3. The second kappa shape index (κ2) is 15.1. The van der Waals surface area contributed by atoms with Gasteiger partial charge in [0.2, 0.25) is 11.8 Å². The molecule has 0 radical (unpaired) electrons. The van der Waals surface area contributed by atoms with Crippen LogP contribution in [0.3, 0.4) is 0 Å². The number of amides is 2. The van der Waals surface area contributed by atoms with E-state index in [1.165, 1.54) is 18.2 Å². The third-order valence-electron chi connectivity index (χ3n) is 5.74. The summed E-state index contributed by atoms with van der Waals surface area (Å²) in [6, 6.07) is 4.31. The molecule has 3 heterocycles. The number of thiophene rings is 3. The summed E-state index contributed by atoms with van der Waals surface area (Å²) in [7, 11) is 0. The minimum Gasteiger partial charge on any atom is -0.481 e. The number of rotatable bonds is 11. The van der Waals surface area contributed by atoms with E-state index in [0.717, 1.165) is 34.0 Å². The van der Waals surface area contributed by atoms with Crippen LogP contribution in [-0.4, -0.2) is 57.6 Å². The molecule has 0 fully saturated rings. The second-order valence-electron chi connectivity index (χ2n) is 13.9. The molecule has 0 bridgehead atoms. The van der Waals surface area contributed by atoms with Crippen molar-refractivity contribution in [2.75, 3.05) is 16.4 Å². The Bertz CT molecular complexity index is 1760. The van der Waals surface area contributed by atoms with Gasteiger partial charge in [0, 0.05) is 14.6 Å². The van der Waals surface area contributed by atoms with Gasteiger partial charge in [-0.3, -0.25) is 14.4 Å². The lowest BCUT2D eigenvalue weighted by atomic mass is 10.2. The fourth-order valence-corrected chi connectivity index (χ4v) is 7.08. The minimum absolute atomic E-state index is 0.0159. The Morgan fingerprint density at radius 2 is 0.918 bits per heavy atom. The number of anilines is 3. The van der Waals surface area contributed by atoms with Gasteiger partial charge in [-0.15, -0.1) is 34.0 Å². The highest BCUT2D eigenvalue weighted by molar-refractivity contribution is 7.17. The number of carbonyl (C=O) groups excluding carboxylic acids is 5. The summed E-state index contributed by atoms with van der Waals surface area (Å²) in [6.45, 7) is 15.3. The van der Waals surface area contributed by atoms with Gasteiger partial charge in [-0.25, -0.2) is 14.4 Å². The van der Waals surface area contributed by atoms with Crippen LogP contribution in [0.1, 0.15) is 108 Å². The Hall–Kier alpha value is -4.28. The van der Waals surface area contributed by atoms with Gasteiger partial charge in [-0.1, -0.05) is 0 Å². The lowest BCUT2D eigenvalue weighted by molar-refractivity contribution is -0.136. The summed E-state index contributed by atoms with van der Waals surface area (Å²) in [5, 5.41) is 15.1. The van der Waals surface area contributed by atoms with Gasteiger partial charge in [-0.05, 0) is 80.5 Å². The molecule has 5 N–H and O–H groups in total. The van der Waals surface area contributed by atoms with Crippen molar-refractivity contribution in [3.8, 4) is 0 Å². The van der Waals surface area contributed by atoms with Crippen molar-refractivity contribution in [1.29, 1.82) is 0 Å². The average Bonchev–Trinajstić information content (AvgIpc) is 3.57. The number of hydrogen-bond acceptors (Lipinski definition) is 13. The molecule has 0 saturated carbocycles. The van der Waals surface area contributed by atoms with Crippen LogP contribution >= 0.6 is 34.0 Å². The summed E-state index contributed by atoms with van der Waals surface area (Å²) in [5.41, 5.74) is 3.81. The van der Waals surface area contributed by atoms with E-state index < -0.39 is 52.5 Å². The van der Waals surface area contributed by atoms with Crippen molar-refractivity contribution in [2.45, 2.75) is 98.4 Å². The molecule has 266 valence electrons. The summed E-state index contributed by atoms with van der Waals surface area (Å²) in [4.78, 5) is 77.4. The quantitative estimate of drug-likeness (QED) is 0.127. The third-order valence-corrected chi connectivity index (χ3v) is 8.80. The Balaban J connectivity index is 1.84. The van der Waals surface area contributed by atoms with Crippen LogP contribution in [0, 0.1) is 0 Å². The molecule has 49 heavy (non-hydrogen) atoms. The van der Waals surface area contributed by atoms with Crippen LogP contribution in [0.25, 0.3) is 0 Å². The topological polar surface area (TPSA) is 200 Å². The molecule has 0 aliphatic carbocycles. The van der Waals surface area contributed by atoms with Crippen LogP contribution in [0.5, 0.6) is 0 Å². The van der Waals surface area contributed by atoms with E-state index in [4.69, 9.17) is 19.9 Å². The van der Waals surface area contributed by atoms with E-state index >= 15 is 0 Å². The van der Waals surface area contributed by atoms with E-state index in [-0.39, 0.29) is 51.0 Å². The maximum Gasteiger partial charge on any atom is 0.341 e. The number of ether oxygens (including phenoxy) is 3. The van der Waals surface area contributed by atoms with Crippen LogP contribution in [-0.2, 0) is 47.9 Å². The maximum atomic E-state index is 13.2. The summed E-state index contributed by atoms with van der Waals surface area (Å²) in [5.74, 6) is -4.24. The summed E-state index contributed by atoms with van der Waals surface area (Å²) < 4.78 is 16.4. The maximum absolute atomic E-state index is 13.2. The van der Waals surface area contributed by atoms with Gasteiger partial charge in [0.05, 0.1) is 36.0 Å². The van der Waals surface area contributed by atoms with Gasteiger partial charge in [0.25, 0.3) is 0 Å². The number of carbonyl (C=O) groups is 6. The normalized spacial score (nSPS) is 11.9. The van der Waals surface area contributed by atoms with Gasteiger partial charge in [0.15, 0.2) is 0 Å². The standard InChI is InChI=1S/C33H41N3O10S3/c1-31(2,3)44-28(41)19-10-16(47-25(19)34)13-22(37)35-26-20(29(42)45-32(4,5)6)11-17(48-26)14-23(38)36-27-21(30(43)46-33(7,8)9)12-18(49-27)15-24(39)40/h10-12H,13-15,34H2,1-9H3,(H,35,37)(H,36,38)(H,39,40). The smallest absolute Gasteiger partial charge is 0.341 e. The van der Waals surface area contributed by atoms with Crippen molar-refractivity contribution in [1.82, 2.24) is 0 Å². The molecule has 3 rings (SSSR count). The fraction of sp³-hybridized carbons (Fsp3) is 0.455. The number of hydrogen-bond donors (Lipinski definition) is 4. The Labute approximate surface area is 296 Å². The predicted octanol–water partition coefficient (Wildman–Crippen LogP) is 6.31. The largest absolute Gasteiger partial charge is 0.481 e. The van der Waals surface area contributed by atoms with Gasteiger partial charge >= 0.3 is 23.9 Å². The van der Waals surface area contributed by atoms with E-state index in [2.05, 4.69) is 10.6 Å². The number of nitrogens with two attached hydrogens (primary N) is 1. The first kappa shape index (κ1) is 39.2. The number of aliphatic carboxylic acids is 1. The zero-order chi connectivity index (χ0) is 37.1. The molecule has 0 aliphatic heterocycles. The minimum atomic E-state index is -1.11. The molecule has 3 aromatic rings. The molecular formula is C33H41N3O10S3. The van der Waals surface area contributed by atoms with Crippen LogP contribution < -0.4 is 16.4 Å². The van der Waals surface area contributed by atoms with Crippen molar-refractivity contribution < 1.29 is 48.1 Å². The zero-order valence-electron chi connectivity index (χ0n) is 28.8. The number of carboxylic acid groups (broad SMARTS) is 1. The summed E-state index contributed by atoms with van der Waals surface area (Å²) >= 11 is 2.99. The Morgan fingerprint density at radius 1 is 0.592 bits per heavy atom. The highest BCUT2D eigenvalue weighted by Gasteiger charge is 2.28. The van der Waals surface area contributed by atoms with E-state index in [0.29, 0.717) is 14.6 Å². The molecule has 0 spiro atoms. The molecule has 13 nitrogen and oxygen atoms in total. The number of nitrogen functional groups attached to an aromatic ring is 1. The summed E-state index contributed by atoms with van der Waals surface area (Å²) in [6.07, 6.45) is -0.773. The lowest BCUT2D eigenvalue weighted by Crippen LogP contribution is -2.24. The number of carboxylic acids is 1. The monoisotopic (exact) mass is 735 g/mol. The van der Waals surface area contributed by atoms with Gasteiger partial charge < -0.3 is 35.7 Å². The highest BCUT2D eigenvalue weighted by Crippen LogP contribution is 2.34. The Kier molecular flexibility index (Phi) is 12.1. The predicted molar refractivity (Wildman–Crippen MR) is 189 cm³/mol. The van der Waals surface area contributed by atoms with Crippen LogP contribution in [0.15, 0.2) is 18.2 Å². The highest BCUT2D eigenvalue weighted by atomic mass is 32.1. The molecule has 16 heteroatoms. The van der Waals surface area contributed by atoms with Crippen molar-refractivity contribution in [3.63, 3.8) is 0 Å². The fourth-order valence-electron chi connectivity index (χ4n) is 4.06. The third kappa shape index (κ3) is 12.3. The van der Waals surface area contributed by atoms with Gasteiger partial charge in [0.1, 0.15) is 31.8 Å². The van der Waals surface area contributed by atoms with Crippen LogP contribution in [0.2, 0.25) is 0 Å². The van der Waals surface area contributed by atoms with E-state index in [1.807, 2.05) is 0 Å². The van der Waals surface area contributed by atoms with Crippen LogP contribution in [0.4, 0.5) is 15.0 Å². The zero-order valence-corrected chi connectivity index (χ0v) is 31.2. The SMILES string of the molecule is CC(C)(C)OC(=O)c1cc(CC(=O)Nc2sc(CC(=O)Nc3sc(CC(=O)O)cc3C(=O)OC(C)(C)C)cc2C(=O)OC(C)(C)C)sc1N. The molecule has 2 amide bonds. The molecule has 0 atom stereocenters. The first-order valence-corrected chi connectivity index (χ1v) is 17.5. The molecule has 0 aromatic carbocycles. The first-order valence-electron chi connectivity index (χ1n) is 15.0.